The Balaban J connectivity index is 0.00000272. The molecule has 31 heavy (non-hydrogen) atoms. The molecule has 1 aromatic heterocycles. The van der Waals surface area contributed by atoms with E-state index in [4.69, 9.17) is 4.74 Å². The minimum Gasteiger partial charge on any atom is -0.370 e. The Morgan fingerprint density at radius 3 is 2.77 bits per heavy atom. The van der Waals surface area contributed by atoms with Crippen molar-refractivity contribution in [2.24, 2.45) is 0 Å². The minimum atomic E-state index is -0.177. The van der Waals surface area contributed by atoms with E-state index >= 15 is 0 Å². The lowest BCUT2D eigenvalue weighted by Crippen LogP contribution is -2.46. The number of benzene rings is 1. The van der Waals surface area contributed by atoms with Gasteiger partial charge in [0.2, 0.25) is 0 Å². The number of aromatic amines is 1. The summed E-state index contributed by atoms with van der Waals surface area (Å²) in [5.41, 5.74) is 4.12. The SMILES string of the molecule is C.CCN(C(=O)c1cc2c([nH]1)CC(C)(C)OC2)[C@H]1CCC[C@@H](NCc2ccccc2)C1. The molecule has 0 bridgehead atoms. The molecule has 1 saturated carbocycles. The summed E-state index contributed by atoms with van der Waals surface area (Å²) in [6.07, 6.45) is 5.25. The molecule has 2 aliphatic rings. The van der Waals surface area contributed by atoms with Gasteiger partial charge in [-0.1, -0.05) is 37.8 Å². The first kappa shape index (κ1) is 23.6. The third-order valence-electron chi connectivity index (χ3n) is 6.57. The Bertz CT molecular complexity index is 859. The van der Waals surface area contributed by atoms with Crippen molar-refractivity contribution >= 4 is 5.91 Å². The van der Waals surface area contributed by atoms with Gasteiger partial charge in [0.05, 0.1) is 12.2 Å². The van der Waals surface area contributed by atoms with E-state index in [1.165, 1.54) is 12.0 Å². The maximum atomic E-state index is 13.4. The largest absolute Gasteiger partial charge is 0.370 e. The van der Waals surface area contributed by atoms with Crippen molar-refractivity contribution in [2.45, 2.75) is 91.1 Å². The van der Waals surface area contributed by atoms with Crippen LogP contribution in [0.15, 0.2) is 36.4 Å². The molecule has 0 spiro atoms. The Hall–Kier alpha value is -2.11. The van der Waals surface area contributed by atoms with Crippen molar-refractivity contribution < 1.29 is 9.53 Å². The van der Waals surface area contributed by atoms with Crippen molar-refractivity contribution in [3.05, 3.63) is 58.9 Å². The highest BCUT2D eigenvalue weighted by Crippen LogP contribution is 2.29. The number of amides is 1. The van der Waals surface area contributed by atoms with Gasteiger partial charge in [-0.05, 0) is 63.6 Å². The molecular weight excluding hydrogens is 386 g/mol. The van der Waals surface area contributed by atoms with Gasteiger partial charge in [-0.15, -0.1) is 0 Å². The van der Waals surface area contributed by atoms with E-state index in [1.54, 1.807) is 0 Å². The summed E-state index contributed by atoms with van der Waals surface area (Å²) in [6, 6.07) is 13.3. The number of carbonyl (C=O) groups is 1. The first-order valence-corrected chi connectivity index (χ1v) is 11.4. The van der Waals surface area contributed by atoms with Crippen LogP contribution in [0, 0.1) is 0 Å². The van der Waals surface area contributed by atoms with Crippen LogP contribution in [0.3, 0.4) is 0 Å². The molecule has 5 heteroatoms. The van der Waals surface area contributed by atoms with E-state index in [0.29, 0.717) is 18.3 Å². The quantitative estimate of drug-likeness (QED) is 0.680. The van der Waals surface area contributed by atoms with Gasteiger partial charge >= 0.3 is 0 Å². The summed E-state index contributed by atoms with van der Waals surface area (Å²) in [4.78, 5) is 18.9. The Morgan fingerprint density at radius 2 is 2.03 bits per heavy atom. The third-order valence-corrected chi connectivity index (χ3v) is 6.57. The number of H-pyrrole nitrogens is 1. The zero-order valence-electron chi connectivity index (χ0n) is 18.5. The fraction of sp³-hybridized carbons (Fsp3) is 0.577. The fourth-order valence-electron chi connectivity index (χ4n) is 4.90. The topological polar surface area (TPSA) is 57.4 Å². The molecule has 1 aliphatic carbocycles. The lowest BCUT2D eigenvalue weighted by molar-refractivity contribution is -0.0406. The van der Waals surface area contributed by atoms with Crippen molar-refractivity contribution in [3.63, 3.8) is 0 Å². The number of nitrogens with zero attached hydrogens (tertiary/aromatic N) is 1. The summed E-state index contributed by atoms with van der Waals surface area (Å²) in [6.45, 7) is 8.49. The number of rotatable bonds is 6. The zero-order valence-corrected chi connectivity index (χ0v) is 18.5. The van der Waals surface area contributed by atoms with Crippen molar-refractivity contribution in [1.29, 1.82) is 0 Å². The second-order valence-corrected chi connectivity index (χ2v) is 9.39. The minimum absolute atomic E-state index is 0. The smallest absolute Gasteiger partial charge is 0.270 e. The number of ether oxygens (including phenoxy) is 1. The van der Waals surface area contributed by atoms with Crippen LogP contribution < -0.4 is 5.32 Å². The number of fused-ring (bicyclic) bond motifs is 1. The number of hydrogen-bond donors (Lipinski definition) is 2. The molecule has 2 heterocycles. The molecular formula is C26H39N3O2. The van der Waals surface area contributed by atoms with Crippen molar-refractivity contribution in [1.82, 2.24) is 15.2 Å². The van der Waals surface area contributed by atoms with Crippen LogP contribution in [0.5, 0.6) is 0 Å². The molecule has 1 amide bonds. The lowest BCUT2D eigenvalue weighted by atomic mass is 9.89. The highest BCUT2D eigenvalue weighted by Gasteiger charge is 2.32. The van der Waals surface area contributed by atoms with Crippen LogP contribution in [0.2, 0.25) is 0 Å². The van der Waals surface area contributed by atoms with E-state index in [1.807, 2.05) is 6.07 Å². The molecule has 170 valence electrons. The van der Waals surface area contributed by atoms with Crippen LogP contribution >= 0.6 is 0 Å². The second-order valence-electron chi connectivity index (χ2n) is 9.39. The van der Waals surface area contributed by atoms with Crippen LogP contribution in [-0.4, -0.2) is 40.0 Å². The highest BCUT2D eigenvalue weighted by molar-refractivity contribution is 5.93. The number of aromatic nitrogens is 1. The van der Waals surface area contributed by atoms with Crippen LogP contribution in [0.25, 0.3) is 0 Å². The summed E-state index contributed by atoms with van der Waals surface area (Å²) >= 11 is 0. The maximum absolute atomic E-state index is 13.4. The fourth-order valence-corrected chi connectivity index (χ4v) is 4.90. The maximum Gasteiger partial charge on any atom is 0.270 e. The first-order valence-electron chi connectivity index (χ1n) is 11.4. The average Bonchev–Trinajstić information content (AvgIpc) is 3.16. The Morgan fingerprint density at radius 1 is 1.26 bits per heavy atom. The van der Waals surface area contributed by atoms with Crippen LogP contribution in [0.4, 0.5) is 0 Å². The van der Waals surface area contributed by atoms with Gasteiger partial charge in [0, 0.05) is 37.3 Å². The van der Waals surface area contributed by atoms with Gasteiger partial charge in [-0.3, -0.25) is 4.79 Å². The van der Waals surface area contributed by atoms with Crippen LogP contribution in [0.1, 0.15) is 81.2 Å². The molecule has 1 aliphatic heterocycles. The molecule has 1 fully saturated rings. The van der Waals surface area contributed by atoms with Gasteiger partial charge in [-0.2, -0.15) is 0 Å². The highest BCUT2D eigenvalue weighted by atomic mass is 16.5. The van der Waals surface area contributed by atoms with E-state index in [9.17, 15) is 4.79 Å². The second kappa shape index (κ2) is 10.0. The number of hydrogen-bond acceptors (Lipinski definition) is 3. The Kier molecular flexibility index (Phi) is 7.60. The molecule has 2 atom stereocenters. The average molecular weight is 426 g/mol. The van der Waals surface area contributed by atoms with Crippen LogP contribution in [-0.2, 0) is 24.3 Å². The predicted octanol–water partition coefficient (Wildman–Crippen LogP) is 5.07. The zero-order chi connectivity index (χ0) is 21.1. The standard InChI is InChI=1S/C25H35N3O2.CH4/c1-4-28(24(29)22-13-19-17-30-25(2,3)15-23(19)27-22)21-12-8-11-20(14-21)26-16-18-9-6-5-7-10-18;/h5-7,9-10,13,20-21,26-27H,4,8,11-12,14-17H2,1-3H3;1H4/t20-,21+;/m1./s1. The normalized spacial score (nSPS) is 22.3. The van der Waals surface area contributed by atoms with Crippen molar-refractivity contribution in [3.8, 4) is 0 Å². The summed E-state index contributed by atoms with van der Waals surface area (Å²) < 4.78 is 5.91. The van der Waals surface area contributed by atoms with E-state index < -0.39 is 0 Å². The third kappa shape index (κ3) is 5.58. The summed E-state index contributed by atoms with van der Waals surface area (Å²) in [5, 5.41) is 3.71. The molecule has 0 unspecified atom stereocenters. The molecule has 4 rings (SSSR count). The van der Waals surface area contributed by atoms with E-state index in [2.05, 4.69) is 66.3 Å². The van der Waals surface area contributed by atoms with Gasteiger partial charge in [0.1, 0.15) is 5.69 Å². The molecule has 2 N–H and O–H groups in total. The predicted molar refractivity (Wildman–Crippen MR) is 126 cm³/mol. The van der Waals surface area contributed by atoms with Gasteiger partial charge in [0.25, 0.3) is 5.91 Å². The summed E-state index contributed by atoms with van der Waals surface area (Å²) in [5.74, 6) is 0.124. The van der Waals surface area contributed by atoms with Crippen molar-refractivity contribution in [2.75, 3.05) is 6.54 Å². The molecule has 2 aromatic rings. The Labute approximate surface area is 187 Å². The number of carbonyl (C=O) groups excluding carboxylic acids is 1. The van der Waals surface area contributed by atoms with Gasteiger partial charge in [-0.25, -0.2) is 0 Å². The van der Waals surface area contributed by atoms with Gasteiger partial charge < -0.3 is 19.9 Å². The molecule has 0 saturated heterocycles. The molecule has 0 radical (unpaired) electrons. The molecule has 5 nitrogen and oxygen atoms in total. The lowest BCUT2D eigenvalue weighted by Gasteiger charge is -2.37. The number of nitrogens with one attached hydrogen (secondary N) is 2. The molecule has 1 aromatic carbocycles. The monoisotopic (exact) mass is 425 g/mol. The first-order chi connectivity index (χ1) is 14.4. The summed E-state index contributed by atoms with van der Waals surface area (Å²) in [7, 11) is 0. The van der Waals surface area contributed by atoms with E-state index in [0.717, 1.165) is 50.0 Å². The van der Waals surface area contributed by atoms with Gasteiger partial charge in [0.15, 0.2) is 0 Å². The van der Waals surface area contributed by atoms with E-state index in [-0.39, 0.29) is 25.0 Å².